The second-order valence-electron chi connectivity index (χ2n) is 20.9. The molecule has 2 heteroatoms. The standard InChI is InChI=1S/C58H66N2/c1-54(2,3)44-20-30-50(31-21-44)59(51-32-22-45(23-33-51)55(4,5)6)49-28-18-42(19-29-49)43-38-40-58(41-39-43,48-16-14-13-15-17-48)60(52-34-24-46(25-35-52)56(7,8)9)53-36-26-47(27-37-53)57(10,11)12/h13-41,43H,1-12H3. The SMILES string of the molecule is CC(C)(C)c1ccc(N(c2ccc(C3C=CC(c4ccccc4)(N(c4ccc(C(C)(C)C)cc4)c4ccc(C(C)(C)C)cc4)C=C3)cc2)c2ccc(C(C)(C)C)cc2)cc1. The molecule has 0 saturated heterocycles. The zero-order valence-electron chi connectivity index (χ0n) is 38.2. The van der Waals surface area contributed by atoms with E-state index in [1.54, 1.807) is 0 Å². The second-order valence-corrected chi connectivity index (χ2v) is 20.9. The molecule has 6 aromatic carbocycles. The van der Waals surface area contributed by atoms with Gasteiger partial charge in [0.05, 0.1) is 0 Å². The summed E-state index contributed by atoms with van der Waals surface area (Å²) >= 11 is 0. The highest BCUT2D eigenvalue weighted by atomic mass is 15.2. The van der Waals surface area contributed by atoms with Gasteiger partial charge in [-0.15, -0.1) is 0 Å². The maximum atomic E-state index is 2.52. The minimum absolute atomic E-state index is 0.0625. The number of benzene rings is 6. The van der Waals surface area contributed by atoms with Crippen LogP contribution in [0.2, 0.25) is 0 Å². The lowest BCUT2D eigenvalue weighted by molar-refractivity contribution is 0.589. The molecule has 1 aliphatic carbocycles. The molecular formula is C58H66N2. The van der Waals surface area contributed by atoms with Gasteiger partial charge in [-0.1, -0.05) is 198 Å². The van der Waals surface area contributed by atoms with Gasteiger partial charge in [0, 0.05) is 34.4 Å². The molecule has 0 amide bonds. The van der Waals surface area contributed by atoms with E-state index in [0.29, 0.717) is 0 Å². The van der Waals surface area contributed by atoms with Crippen molar-refractivity contribution in [3.8, 4) is 0 Å². The normalized spacial score (nSPS) is 17.1. The Morgan fingerprint density at radius 3 is 0.967 bits per heavy atom. The van der Waals surface area contributed by atoms with E-state index < -0.39 is 5.54 Å². The van der Waals surface area contributed by atoms with Crippen LogP contribution in [0.4, 0.5) is 28.4 Å². The third-order valence-corrected chi connectivity index (χ3v) is 12.2. The summed E-state index contributed by atoms with van der Waals surface area (Å²) in [5, 5.41) is 0. The molecule has 308 valence electrons. The molecular weight excluding hydrogens is 725 g/mol. The van der Waals surface area contributed by atoms with Gasteiger partial charge in [0.1, 0.15) is 5.54 Å². The van der Waals surface area contributed by atoms with Gasteiger partial charge in [-0.3, -0.25) is 0 Å². The minimum Gasteiger partial charge on any atom is -0.324 e. The lowest BCUT2D eigenvalue weighted by Gasteiger charge is -2.44. The van der Waals surface area contributed by atoms with E-state index in [9.17, 15) is 0 Å². The number of nitrogens with zero attached hydrogens (tertiary/aromatic N) is 2. The lowest BCUT2D eigenvalue weighted by atomic mass is 9.79. The number of allylic oxidation sites excluding steroid dienone is 2. The molecule has 7 rings (SSSR count). The van der Waals surface area contributed by atoms with Crippen molar-refractivity contribution in [2.45, 2.75) is 116 Å². The van der Waals surface area contributed by atoms with Gasteiger partial charge in [-0.2, -0.15) is 0 Å². The molecule has 0 atom stereocenters. The van der Waals surface area contributed by atoms with Crippen molar-refractivity contribution in [2.24, 2.45) is 0 Å². The quantitative estimate of drug-likeness (QED) is 0.142. The Labute approximate surface area is 362 Å². The third-order valence-electron chi connectivity index (χ3n) is 12.2. The number of rotatable bonds is 8. The molecule has 60 heavy (non-hydrogen) atoms. The highest BCUT2D eigenvalue weighted by molar-refractivity contribution is 5.77. The first-order valence-electron chi connectivity index (χ1n) is 21.8. The van der Waals surface area contributed by atoms with Crippen molar-refractivity contribution in [1.29, 1.82) is 0 Å². The maximum absolute atomic E-state index is 2.52. The molecule has 0 saturated carbocycles. The fraction of sp³-hybridized carbons (Fsp3) is 0.310. The fourth-order valence-corrected chi connectivity index (χ4v) is 8.33. The van der Waals surface area contributed by atoms with Crippen molar-refractivity contribution in [2.75, 3.05) is 9.80 Å². The van der Waals surface area contributed by atoms with E-state index in [1.165, 1.54) is 33.4 Å². The van der Waals surface area contributed by atoms with Crippen LogP contribution in [0.25, 0.3) is 0 Å². The molecule has 0 fully saturated rings. The average Bonchev–Trinajstić information content (AvgIpc) is 3.21. The van der Waals surface area contributed by atoms with Crippen LogP contribution in [0.15, 0.2) is 176 Å². The molecule has 6 aromatic rings. The smallest absolute Gasteiger partial charge is 0.107 e. The van der Waals surface area contributed by atoms with Gasteiger partial charge in [0.2, 0.25) is 0 Å². The molecule has 2 nitrogen and oxygen atoms in total. The Morgan fingerprint density at radius 1 is 0.350 bits per heavy atom. The maximum Gasteiger partial charge on any atom is 0.107 e. The third kappa shape index (κ3) is 8.95. The van der Waals surface area contributed by atoms with Crippen molar-refractivity contribution in [3.05, 3.63) is 209 Å². The molecule has 1 aliphatic rings. The van der Waals surface area contributed by atoms with Gasteiger partial charge in [-0.05, 0) is 116 Å². The van der Waals surface area contributed by atoms with Crippen molar-refractivity contribution >= 4 is 28.4 Å². The van der Waals surface area contributed by atoms with Crippen LogP contribution in [-0.4, -0.2) is 0 Å². The summed E-state index contributed by atoms with van der Waals surface area (Å²) < 4.78 is 0. The van der Waals surface area contributed by atoms with Gasteiger partial charge in [0.25, 0.3) is 0 Å². The van der Waals surface area contributed by atoms with Crippen molar-refractivity contribution < 1.29 is 0 Å². The van der Waals surface area contributed by atoms with Crippen LogP contribution < -0.4 is 9.80 Å². The zero-order chi connectivity index (χ0) is 43.1. The van der Waals surface area contributed by atoms with Crippen LogP contribution in [0.1, 0.15) is 122 Å². The first-order valence-corrected chi connectivity index (χ1v) is 21.8. The predicted molar refractivity (Wildman–Crippen MR) is 260 cm³/mol. The Kier molecular flexibility index (Phi) is 11.4. The predicted octanol–water partition coefficient (Wildman–Crippen LogP) is 16.3. The van der Waals surface area contributed by atoms with Crippen molar-refractivity contribution in [1.82, 2.24) is 0 Å². The van der Waals surface area contributed by atoms with E-state index in [2.05, 4.69) is 269 Å². The van der Waals surface area contributed by atoms with Gasteiger partial charge < -0.3 is 9.80 Å². The van der Waals surface area contributed by atoms with Crippen molar-refractivity contribution in [3.63, 3.8) is 0 Å². The molecule has 0 N–H and O–H groups in total. The summed E-state index contributed by atoms with van der Waals surface area (Å²) in [4.78, 5) is 4.89. The van der Waals surface area contributed by atoms with E-state index >= 15 is 0 Å². The Morgan fingerprint density at radius 2 is 0.650 bits per heavy atom. The summed E-state index contributed by atoms with van der Waals surface area (Å²) in [7, 11) is 0. The molecule has 0 bridgehead atoms. The summed E-state index contributed by atoms with van der Waals surface area (Å²) in [6.45, 7) is 27.3. The Hall–Kier alpha value is -5.60. The van der Waals surface area contributed by atoms with E-state index in [0.717, 1.165) is 28.4 Å². The largest absolute Gasteiger partial charge is 0.324 e. The summed E-state index contributed by atoms with van der Waals surface area (Å²) in [5.74, 6) is 0.120. The summed E-state index contributed by atoms with van der Waals surface area (Å²) in [6, 6.07) is 56.7. The molecule has 0 unspecified atom stereocenters. The zero-order valence-corrected chi connectivity index (χ0v) is 38.2. The first-order chi connectivity index (χ1) is 28.2. The number of anilines is 5. The van der Waals surface area contributed by atoms with Gasteiger partial charge in [-0.25, -0.2) is 0 Å². The molecule has 0 spiro atoms. The fourth-order valence-electron chi connectivity index (χ4n) is 8.33. The van der Waals surface area contributed by atoms with Crippen LogP contribution >= 0.6 is 0 Å². The highest BCUT2D eigenvalue weighted by Crippen LogP contribution is 2.46. The van der Waals surface area contributed by atoms with Crippen LogP contribution in [0.5, 0.6) is 0 Å². The van der Waals surface area contributed by atoms with Gasteiger partial charge in [0.15, 0.2) is 0 Å². The number of hydrogen-bond donors (Lipinski definition) is 0. The topological polar surface area (TPSA) is 6.48 Å². The van der Waals surface area contributed by atoms with Crippen LogP contribution in [-0.2, 0) is 27.2 Å². The Bertz CT molecular complexity index is 2270. The highest BCUT2D eigenvalue weighted by Gasteiger charge is 2.38. The minimum atomic E-state index is -0.556. The number of hydrogen-bond acceptors (Lipinski definition) is 2. The van der Waals surface area contributed by atoms with E-state index in [-0.39, 0.29) is 27.6 Å². The molecule has 0 aromatic heterocycles. The molecule has 0 heterocycles. The van der Waals surface area contributed by atoms with E-state index in [4.69, 9.17) is 0 Å². The summed E-state index contributed by atoms with van der Waals surface area (Å²) in [6.07, 6.45) is 9.65. The van der Waals surface area contributed by atoms with E-state index in [1.807, 2.05) is 0 Å². The van der Waals surface area contributed by atoms with Crippen LogP contribution in [0, 0.1) is 0 Å². The molecule has 0 aliphatic heterocycles. The van der Waals surface area contributed by atoms with Crippen LogP contribution in [0.3, 0.4) is 0 Å². The lowest BCUT2D eigenvalue weighted by Crippen LogP contribution is -2.41. The average molecular weight is 791 g/mol. The second kappa shape index (κ2) is 16.1. The summed E-state index contributed by atoms with van der Waals surface area (Å²) in [5.41, 5.74) is 13.3. The first kappa shape index (κ1) is 42.5. The molecule has 0 radical (unpaired) electrons. The monoisotopic (exact) mass is 791 g/mol. The van der Waals surface area contributed by atoms with Gasteiger partial charge >= 0.3 is 0 Å². The Balaban J connectivity index is 1.27.